The Morgan fingerprint density at radius 3 is 2.05 bits per heavy atom. The van der Waals surface area contributed by atoms with Crippen molar-refractivity contribution in [1.29, 1.82) is 0 Å². The molecule has 0 aliphatic heterocycles. The third-order valence-corrected chi connectivity index (χ3v) is 3.64. The van der Waals surface area contributed by atoms with Gasteiger partial charge in [-0.05, 0) is 35.6 Å². The fourth-order valence-electron chi connectivity index (χ4n) is 2.44. The minimum Gasteiger partial charge on any atom is -0.206 e. The van der Waals surface area contributed by atoms with Crippen LogP contribution in [-0.4, -0.2) is 0 Å². The SMILES string of the molecule is Cc1ccc(-c2ccc3c(F)c(C(F)(F)F)ccc3c2)cc1. The summed E-state index contributed by atoms with van der Waals surface area (Å²) >= 11 is 0. The number of halogens is 4. The van der Waals surface area contributed by atoms with E-state index in [2.05, 4.69) is 0 Å². The van der Waals surface area contributed by atoms with E-state index < -0.39 is 17.6 Å². The largest absolute Gasteiger partial charge is 0.419 e. The highest BCUT2D eigenvalue weighted by Gasteiger charge is 2.34. The second-order valence-electron chi connectivity index (χ2n) is 5.23. The zero-order valence-electron chi connectivity index (χ0n) is 11.7. The van der Waals surface area contributed by atoms with Crippen LogP contribution in [0.3, 0.4) is 0 Å². The molecule has 0 saturated carbocycles. The van der Waals surface area contributed by atoms with E-state index in [1.807, 2.05) is 31.2 Å². The molecule has 0 heterocycles. The summed E-state index contributed by atoms with van der Waals surface area (Å²) in [5, 5.41) is 0.425. The molecule has 0 radical (unpaired) electrons. The highest BCUT2D eigenvalue weighted by molar-refractivity contribution is 5.88. The molecule has 0 aliphatic rings. The van der Waals surface area contributed by atoms with Gasteiger partial charge in [-0.25, -0.2) is 4.39 Å². The van der Waals surface area contributed by atoms with E-state index in [4.69, 9.17) is 0 Å². The Morgan fingerprint density at radius 2 is 1.41 bits per heavy atom. The maximum Gasteiger partial charge on any atom is 0.419 e. The minimum absolute atomic E-state index is 0.0225. The third kappa shape index (κ3) is 2.56. The highest BCUT2D eigenvalue weighted by atomic mass is 19.4. The predicted octanol–water partition coefficient (Wildman–Crippen LogP) is 5.97. The molecular weight excluding hydrogens is 292 g/mol. The summed E-state index contributed by atoms with van der Waals surface area (Å²) in [6, 6.07) is 14.6. The monoisotopic (exact) mass is 304 g/mol. The molecule has 0 fully saturated rings. The molecule has 4 heteroatoms. The van der Waals surface area contributed by atoms with Gasteiger partial charge in [0.2, 0.25) is 0 Å². The van der Waals surface area contributed by atoms with Crippen LogP contribution in [-0.2, 0) is 6.18 Å². The summed E-state index contributed by atoms with van der Waals surface area (Å²) in [5.41, 5.74) is 1.66. The molecule has 0 amide bonds. The third-order valence-electron chi connectivity index (χ3n) is 3.64. The first-order valence-electron chi connectivity index (χ1n) is 6.73. The van der Waals surface area contributed by atoms with E-state index >= 15 is 0 Å². The van der Waals surface area contributed by atoms with Gasteiger partial charge in [-0.3, -0.25) is 0 Å². The molecule has 22 heavy (non-hydrogen) atoms. The number of rotatable bonds is 1. The van der Waals surface area contributed by atoms with Crippen molar-refractivity contribution in [3.8, 4) is 11.1 Å². The molecule has 0 N–H and O–H groups in total. The van der Waals surface area contributed by atoms with Crippen LogP contribution < -0.4 is 0 Å². The van der Waals surface area contributed by atoms with Gasteiger partial charge >= 0.3 is 6.18 Å². The summed E-state index contributed by atoms with van der Waals surface area (Å²) in [4.78, 5) is 0. The molecule has 0 unspecified atom stereocenters. The summed E-state index contributed by atoms with van der Waals surface area (Å²) < 4.78 is 52.2. The second-order valence-corrected chi connectivity index (χ2v) is 5.23. The van der Waals surface area contributed by atoms with E-state index in [1.54, 1.807) is 12.1 Å². The topological polar surface area (TPSA) is 0 Å². The molecule has 0 aromatic heterocycles. The Balaban J connectivity index is 2.14. The van der Waals surface area contributed by atoms with Crippen molar-refractivity contribution in [2.75, 3.05) is 0 Å². The van der Waals surface area contributed by atoms with Gasteiger partial charge in [0.25, 0.3) is 0 Å². The second kappa shape index (κ2) is 5.13. The van der Waals surface area contributed by atoms with Crippen molar-refractivity contribution in [3.05, 3.63) is 71.5 Å². The van der Waals surface area contributed by atoms with Crippen LogP contribution in [0.2, 0.25) is 0 Å². The van der Waals surface area contributed by atoms with Crippen molar-refractivity contribution in [3.63, 3.8) is 0 Å². The smallest absolute Gasteiger partial charge is 0.206 e. The Kier molecular flexibility index (Phi) is 3.39. The standard InChI is InChI=1S/C18H12F4/c1-11-2-4-12(5-3-11)13-6-8-15-14(10-13)7-9-16(17(15)19)18(20,21)22/h2-10H,1H3. The van der Waals surface area contributed by atoms with Crippen molar-refractivity contribution in [2.24, 2.45) is 0 Å². The number of alkyl halides is 3. The van der Waals surface area contributed by atoms with Gasteiger partial charge in [0.05, 0.1) is 5.56 Å². The molecule has 0 nitrogen and oxygen atoms in total. The fourth-order valence-corrected chi connectivity index (χ4v) is 2.44. The lowest BCUT2D eigenvalue weighted by Crippen LogP contribution is -2.08. The molecule has 0 atom stereocenters. The maximum absolute atomic E-state index is 14.0. The zero-order chi connectivity index (χ0) is 15.9. The molecule has 0 bridgehead atoms. The predicted molar refractivity (Wildman–Crippen MR) is 79.1 cm³/mol. The van der Waals surface area contributed by atoms with Crippen molar-refractivity contribution >= 4 is 10.8 Å². The summed E-state index contributed by atoms with van der Waals surface area (Å²) in [7, 11) is 0. The molecule has 3 aromatic rings. The molecule has 112 valence electrons. The molecule has 0 saturated heterocycles. The number of benzene rings is 3. The van der Waals surface area contributed by atoms with Crippen LogP contribution in [0.4, 0.5) is 17.6 Å². The normalized spacial score (nSPS) is 11.9. The average molecular weight is 304 g/mol. The molecule has 3 rings (SSSR count). The maximum atomic E-state index is 14.0. The lowest BCUT2D eigenvalue weighted by molar-refractivity contribution is -0.139. The number of aryl methyl sites for hydroxylation is 1. The van der Waals surface area contributed by atoms with Crippen molar-refractivity contribution in [2.45, 2.75) is 13.1 Å². The van der Waals surface area contributed by atoms with Crippen LogP contribution in [0.15, 0.2) is 54.6 Å². The quantitative estimate of drug-likeness (QED) is 0.486. The van der Waals surface area contributed by atoms with Crippen LogP contribution in [0.25, 0.3) is 21.9 Å². The molecule has 3 aromatic carbocycles. The minimum atomic E-state index is -4.69. The van der Waals surface area contributed by atoms with E-state index in [0.29, 0.717) is 5.39 Å². The summed E-state index contributed by atoms with van der Waals surface area (Å²) in [6.07, 6.45) is -4.69. The van der Waals surface area contributed by atoms with Gasteiger partial charge in [0.1, 0.15) is 5.82 Å². The number of hydrogen-bond donors (Lipinski definition) is 0. The Morgan fingerprint density at radius 1 is 0.773 bits per heavy atom. The van der Waals surface area contributed by atoms with Gasteiger partial charge in [0.15, 0.2) is 0 Å². The fraction of sp³-hybridized carbons (Fsp3) is 0.111. The van der Waals surface area contributed by atoms with Gasteiger partial charge in [0, 0.05) is 5.39 Å². The summed E-state index contributed by atoms with van der Waals surface area (Å²) in [6.45, 7) is 1.97. The van der Waals surface area contributed by atoms with E-state index in [1.165, 1.54) is 12.1 Å². The van der Waals surface area contributed by atoms with Crippen LogP contribution in [0.5, 0.6) is 0 Å². The molecule has 0 spiro atoms. The van der Waals surface area contributed by atoms with E-state index in [9.17, 15) is 17.6 Å². The lowest BCUT2D eigenvalue weighted by Gasteiger charge is -2.11. The van der Waals surface area contributed by atoms with Gasteiger partial charge in [-0.2, -0.15) is 13.2 Å². The van der Waals surface area contributed by atoms with Crippen molar-refractivity contribution < 1.29 is 17.6 Å². The number of hydrogen-bond acceptors (Lipinski definition) is 0. The van der Waals surface area contributed by atoms with Crippen LogP contribution in [0.1, 0.15) is 11.1 Å². The van der Waals surface area contributed by atoms with Crippen LogP contribution in [0, 0.1) is 12.7 Å². The average Bonchev–Trinajstić information content (AvgIpc) is 2.46. The Labute approximate surface area is 125 Å². The zero-order valence-corrected chi connectivity index (χ0v) is 11.7. The highest BCUT2D eigenvalue weighted by Crippen LogP contribution is 2.35. The van der Waals surface area contributed by atoms with Gasteiger partial charge in [-0.15, -0.1) is 0 Å². The molecule has 0 aliphatic carbocycles. The van der Waals surface area contributed by atoms with Crippen LogP contribution >= 0.6 is 0 Å². The first-order valence-corrected chi connectivity index (χ1v) is 6.73. The first-order chi connectivity index (χ1) is 10.4. The first kappa shape index (κ1) is 14.6. The van der Waals surface area contributed by atoms with Gasteiger partial charge in [-0.1, -0.05) is 48.0 Å². The number of fused-ring (bicyclic) bond motifs is 1. The Hall–Kier alpha value is -2.36. The lowest BCUT2D eigenvalue weighted by atomic mass is 9.99. The van der Waals surface area contributed by atoms with Crippen molar-refractivity contribution in [1.82, 2.24) is 0 Å². The Bertz CT molecular complexity index is 830. The summed E-state index contributed by atoms with van der Waals surface area (Å²) in [5.74, 6) is -1.22. The van der Waals surface area contributed by atoms with Gasteiger partial charge < -0.3 is 0 Å². The van der Waals surface area contributed by atoms with E-state index in [-0.39, 0.29) is 5.39 Å². The van der Waals surface area contributed by atoms with E-state index in [0.717, 1.165) is 22.8 Å². The molecular formula is C18H12F4.